The second-order valence-corrected chi connectivity index (χ2v) is 5.68. The van der Waals surface area contributed by atoms with Gasteiger partial charge in [0.25, 0.3) is 0 Å². The lowest BCUT2D eigenvalue weighted by Gasteiger charge is -2.27. The quantitative estimate of drug-likeness (QED) is 0.896. The summed E-state index contributed by atoms with van der Waals surface area (Å²) >= 11 is 0. The van der Waals surface area contributed by atoms with Gasteiger partial charge >= 0.3 is 0 Å². The molecule has 1 aliphatic rings. The normalized spacial score (nSPS) is 19.7. The van der Waals surface area contributed by atoms with E-state index in [1.54, 1.807) is 0 Å². The van der Waals surface area contributed by atoms with E-state index in [4.69, 9.17) is 0 Å². The van der Waals surface area contributed by atoms with Crippen molar-refractivity contribution in [3.05, 3.63) is 35.4 Å². The number of benzene rings is 1. The third-order valence-electron chi connectivity index (χ3n) is 4.15. The van der Waals surface area contributed by atoms with Crippen molar-refractivity contribution in [2.75, 3.05) is 19.6 Å². The predicted octanol–water partition coefficient (Wildman–Crippen LogP) is 3.55. The van der Waals surface area contributed by atoms with Gasteiger partial charge in [-0.2, -0.15) is 0 Å². The lowest BCUT2D eigenvalue weighted by molar-refractivity contribution is 0.108. The molecule has 0 radical (unpaired) electrons. The summed E-state index contributed by atoms with van der Waals surface area (Å²) in [5, 5.41) is 10.4. The van der Waals surface area contributed by atoms with E-state index in [1.165, 1.54) is 37.7 Å². The van der Waals surface area contributed by atoms with Crippen LogP contribution in [0.2, 0.25) is 0 Å². The highest BCUT2D eigenvalue weighted by atomic mass is 16.3. The number of β-amino-alcohol motifs (C(OH)–C–C–N with tert-alkyl or cyclic N) is 1. The number of hydrogen-bond acceptors (Lipinski definition) is 2. The van der Waals surface area contributed by atoms with E-state index < -0.39 is 0 Å². The van der Waals surface area contributed by atoms with Crippen molar-refractivity contribution >= 4 is 0 Å². The van der Waals surface area contributed by atoms with Gasteiger partial charge < -0.3 is 10.0 Å². The van der Waals surface area contributed by atoms with Crippen LogP contribution in [-0.2, 0) is 6.42 Å². The molecule has 106 valence electrons. The Morgan fingerprint density at radius 1 is 1.00 bits per heavy atom. The Labute approximate surface area is 117 Å². The molecule has 0 saturated carbocycles. The molecule has 1 aromatic carbocycles. The van der Waals surface area contributed by atoms with Crippen LogP contribution in [0.5, 0.6) is 0 Å². The van der Waals surface area contributed by atoms with Crippen molar-refractivity contribution < 1.29 is 5.11 Å². The van der Waals surface area contributed by atoms with Gasteiger partial charge in [-0.3, -0.25) is 0 Å². The SMILES string of the molecule is CCc1ccc(C(O)CN2CCCCCCC2)cc1. The number of likely N-dealkylation sites (tertiary alicyclic amines) is 1. The van der Waals surface area contributed by atoms with Crippen LogP contribution in [0.4, 0.5) is 0 Å². The molecule has 2 nitrogen and oxygen atoms in total. The van der Waals surface area contributed by atoms with Gasteiger partial charge in [0.2, 0.25) is 0 Å². The Morgan fingerprint density at radius 3 is 2.16 bits per heavy atom. The molecule has 19 heavy (non-hydrogen) atoms. The second kappa shape index (κ2) is 7.66. The summed E-state index contributed by atoms with van der Waals surface area (Å²) in [5.41, 5.74) is 2.39. The molecule has 0 aromatic heterocycles. The first-order valence-electron chi connectivity index (χ1n) is 7.79. The van der Waals surface area contributed by atoms with E-state index in [-0.39, 0.29) is 6.10 Å². The van der Waals surface area contributed by atoms with Gasteiger partial charge in [0.15, 0.2) is 0 Å². The van der Waals surface area contributed by atoms with Crippen molar-refractivity contribution in [2.24, 2.45) is 0 Å². The summed E-state index contributed by atoms with van der Waals surface area (Å²) in [6.07, 6.45) is 7.35. The standard InChI is InChI=1S/C17H27NO/c1-2-15-8-10-16(11-9-15)17(19)14-18-12-6-4-3-5-7-13-18/h8-11,17,19H,2-7,12-14H2,1H3. The number of rotatable bonds is 4. The molecule has 1 aliphatic heterocycles. The zero-order valence-corrected chi connectivity index (χ0v) is 12.1. The molecule has 0 aliphatic carbocycles. The Bertz CT molecular complexity index is 352. The van der Waals surface area contributed by atoms with Crippen LogP contribution in [0.3, 0.4) is 0 Å². The molecule has 0 bridgehead atoms. The lowest BCUT2D eigenvalue weighted by Crippen LogP contribution is -2.31. The fourth-order valence-electron chi connectivity index (χ4n) is 2.82. The van der Waals surface area contributed by atoms with Crippen molar-refractivity contribution in [3.63, 3.8) is 0 Å². The summed E-state index contributed by atoms with van der Waals surface area (Å²) in [6.45, 7) is 5.23. The maximum atomic E-state index is 10.4. The van der Waals surface area contributed by atoms with E-state index >= 15 is 0 Å². The Morgan fingerprint density at radius 2 is 1.58 bits per heavy atom. The van der Waals surface area contributed by atoms with E-state index in [1.807, 2.05) is 0 Å². The first kappa shape index (κ1) is 14.5. The van der Waals surface area contributed by atoms with E-state index in [9.17, 15) is 5.11 Å². The molecule has 1 saturated heterocycles. The minimum absolute atomic E-state index is 0.342. The number of hydrogen-bond donors (Lipinski definition) is 1. The maximum absolute atomic E-state index is 10.4. The molecular formula is C17H27NO. The molecule has 0 amide bonds. The molecule has 1 aromatic rings. The van der Waals surface area contributed by atoms with Crippen LogP contribution < -0.4 is 0 Å². The summed E-state index contributed by atoms with van der Waals surface area (Å²) in [4.78, 5) is 2.43. The van der Waals surface area contributed by atoms with E-state index in [2.05, 4.69) is 36.1 Å². The number of aliphatic hydroxyl groups excluding tert-OH is 1. The number of nitrogens with zero attached hydrogens (tertiary/aromatic N) is 1. The number of aliphatic hydroxyl groups is 1. The highest BCUT2D eigenvalue weighted by Gasteiger charge is 2.14. The molecule has 1 N–H and O–H groups in total. The van der Waals surface area contributed by atoms with Crippen LogP contribution in [0.1, 0.15) is 56.3 Å². The average molecular weight is 261 g/mol. The van der Waals surface area contributed by atoms with Crippen molar-refractivity contribution in [1.82, 2.24) is 4.90 Å². The van der Waals surface area contributed by atoms with Gasteiger partial charge in [0, 0.05) is 6.54 Å². The first-order valence-corrected chi connectivity index (χ1v) is 7.79. The lowest BCUT2D eigenvalue weighted by atomic mass is 10.0. The van der Waals surface area contributed by atoms with Gasteiger partial charge in [0.05, 0.1) is 6.10 Å². The molecule has 1 unspecified atom stereocenters. The van der Waals surface area contributed by atoms with Crippen LogP contribution in [-0.4, -0.2) is 29.6 Å². The fraction of sp³-hybridized carbons (Fsp3) is 0.647. The van der Waals surface area contributed by atoms with Gasteiger partial charge in [-0.15, -0.1) is 0 Å². The second-order valence-electron chi connectivity index (χ2n) is 5.68. The smallest absolute Gasteiger partial charge is 0.0916 e. The molecule has 1 atom stereocenters. The summed E-state index contributed by atoms with van der Waals surface area (Å²) in [7, 11) is 0. The third-order valence-corrected chi connectivity index (χ3v) is 4.15. The Kier molecular flexibility index (Phi) is 5.87. The summed E-state index contributed by atoms with van der Waals surface area (Å²) in [5.74, 6) is 0. The van der Waals surface area contributed by atoms with E-state index in [0.717, 1.165) is 31.6 Å². The van der Waals surface area contributed by atoms with E-state index in [0.29, 0.717) is 0 Å². The third kappa shape index (κ3) is 4.63. The molecule has 1 heterocycles. The highest BCUT2D eigenvalue weighted by Crippen LogP contribution is 2.18. The largest absolute Gasteiger partial charge is 0.387 e. The van der Waals surface area contributed by atoms with Crippen molar-refractivity contribution in [3.8, 4) is 0 Å². The Hall–Kier alpha value is -0.860. The molecule has 2 rings (SSSR count). The summed E-state index contributed by atoms with van der Waals surface area (Å²) < 4.78 is 0. The number of aryl methyl sites for hydroxylation is 1. The minimum atomic E-state index is -0.342. The monoisotopic (exact) mass is 261 g/mol. The van der Waals surface area contributed by atoms with Crippen molar-refractivity contribution in [1.29, 1.82) is 0 Å². The van der Waals surface area contributed by atoms with Crippen LogP contribution in [0.25, 0.3) is 0 Å². The topological polar surface area (TPSA) is 23.5 Å². The van der Waals surface area contributed by atoms with Gasteiger partial charge in [0.1, 0.15) is 0 Å². The zero-order chi connectivity index (χ0) is 13.5. The van der Waals surface area contributed by atoms with Gasteiger partial charge in [-0.05, 0) is 43.5 Å². The molecule has 1 fully saturated rings. The van der Waals surface area contributed by atoms with Crippen molar-refractivity contribution in [2.45, 2.75) is 51.6 Å². The molecule has 2 heteroatoms. The minimum Gasteiger partial charge on any atom is -0.387 e. The van der Waals surface area contributed by atoms with Gasteiger partial charge in [-0.25, -0.2) is 0 Å². The average Bonchev–Trinajstić information content (AvgIpc) is 2.41. The van der Waals surface area contributed by atoms with Crippen LogP contribution in [0.15, 0.2) is 24.3 Å². The zero-order valence-electron chi connectivity index (χ0n) is 12.1. The van der Waals surface area contributed by atoms with Crippen LogP contribution >= 0.6 is 0 Å². The first-order chi connectivity index (χ1) is 9.29. The molecular weight excluding hydrogens is 234 g/mol. The fourth-order valence-corrected chi connectivity index (χ4v) is 2.82. The predicted molar refractivity (Wildman–Crippen MR) is 80.3 cm³/mol. The maximum Gasteiger partial charge on any atom is 0.0916 e. The highest BCUT2D eigenvalue weighted by molar-refractivity contribution is 5.24. The van der Waals surface area contributed by atoms with Gasteiger partial charge in [-0.1, -0.05) is 50.5 Å². The molecule has 0 spiro atoms. The Balaban J connectivity index is 1.88. The van der Waals surface area contributed by atoms with Crippen LogP contribution in [0, 0.1) is 0 Å². The summed E-state index contributed by atoms with van der Waals surface area (Å²) in [6, 6.07) is 8.42.